The normalized spacial score (nSPS) is 15.1. The largest absolute Gasteiger partial charge is 0.326 e. The molecule has 1 aromatic carbocycles. The molecule has 0 radical (unpaired) electrons. The Morgan fingerprint density at radius 3 is 2.45 bits per heavy atom. The van der Waals surface area contributed by atoms with Gasteiger partial charge in [0.2, 0.25) is 10.0 Å². The van der Waals surface area contributed by atoms with Crippen molar-refractivity contribution < 1.29 is 8.42 Å². The highest BCUT2D eigenvalue weighted by Gasteiger charge is 2.23. The van der Waals surface area contributed by atoms with Crippen molar-refractivity contribution in [2.24, 2.45) is 11.7 Å². The molecule has 4 nitrogen and oxygen atoms in total. The van der Waals surface area contributed by atoms with E-state index in [1.54, 1.807) is 13.0 Å². The Labute approximate surface area is 126 Å². The summed E-state index contributed by atoms with van der Waals surface area (Å²) in [7, 11) is -3.59. The molecule has 114 valence electrons. The number of nitrogens with one attached hydrogen (secondary N) is 1. The minimum Gasteiger partial charge on any atom is -0.326 e. The summed E-state index contributed by atoms with van der Waals surface area (Å²) in [6.45, 7) is 7.93. The Morgan fingerprint density at radius 2 is 1.95 bits per heavy atom. The van der Waals surface area contributed by atoms with Gasteiger partial charge >= 0.3 is 0 Å². The fraction of sp³-hybridized carbons (Fsp3) is 0.571. The molecule has 0 fully saturated rings. The molecule has 1 rings (SSSR count). The zero-order valence-corrected chi connectivity index (χ0v) is 14.0. The van der Waals surface area contributed by atoms with Crippen LogP contribution in [0.2, 0.25) is 5.02 Å². The topological polar surface area (TPSA) is 72.2 Å². The van der Waals surface area contributed by atoms with E-state index in [1.165, 1.54) is 6.07 Å². The number of rotatable bonds is 6. The van der Waals surface area contributed by atoms with Crippen molar-refractivity contribution in [2.75, 3.05) is 0 Å². The van der Waals surface area contributed by atoms with E-state index in [0.717, 1.165) is 12.0 Å². The Bertz CT molecular complexity index is 573. The molecule has 20 heavy (non-hydrogen) atoms. The minimum atomic E-state index is -3.59. The highest BCUT2D eigenvalue weighted by Crippen LogP contribution is 2.25. The summed E-state index contributed by atoms with van der Waals surface area (Å²) in [6.07, 6.45) is 0.909. The average molecular weight is 319 g/mol. The van der Waals surface area contributed by atoms with Crippen molar-refractivity contribution in [3.05, 3.63) is 28.3 Å². The lowest BCUT2D eigenvalue weighted by Crippen LogP contribution is -2.37. The van der Waals surface area contributed by atoms with Gasteiger partial charge in [-0.15, -0.1) is 0 Å². The first-order valence-electron chi connectivity index (χ1n) is 6.74. The molecule has 3 N–H and O–H groups in total. The van der Waals surface area contributed by atoms with Crippen LogP contribution in [0.4, 0.5) is 0 Å². The number of nitrogens with two attached hydrogens (primary N) is 1. The molecule has 0 aliphatic heterocycles. The van der Waals surface area contributed by atoms with Gasteiger partial charge in [-0.25, -0.2) is 13.1 Å². The number of hydrogen-bond acceptors (Lipinski definition) is 3. The molecule has 0 aliphatic carbocycles. The van der Waals surface area contributed by atoms with E-state index in [0.29, 0.717) is 10.6 Å². The molecule has 0 bridgehead atoms. The van der Waals surface area contributed by atoms with E-state index in [9.17, 15) is 8.42 Å². The van der Waals surface area contributed by atoms with Crippen LogP contribution in [0, 0.1) is 12.8 Å². The van der Waals surface area contributed by atoms with Crippen molar-refractivity contribution >= 4 is 21.6 Å². The second-order valence-corrected chi connectivity index (χ2v) is 7.31. The van der Waals surface area contributed by atoms with Crippen molar-refractivity contribution in [2.45, 2.75) is 51.6 Å². The number of hydrogen-bond donors (Lipinski definition) is 2. The van der Waals surface area contributed by atoms with E-state index < -0.39 is 10.0 Å². The van der Waals surface area contributed by atoms with Crippen molar-refractivity contribution in [1.82, 2.24) is 4.72 Å². The second kappa shape index (κ2) is 6.89. The lowest BCUT2D eigenvalue weighted by Gasteiger charge is -2.21. The van der Waals surface area contributed by atoms with Crippen LogP contribution >= 0.6 is 11.6 Å². The van der Waals surface area contributed by atoms with Crippen molar-refractivity contribution in [3.63, 3.8) is 0 Å². The van der Waals surface area contributed by atoms with E-state index in [4.69, 9.17) is 17.3 Å². The summed E-state index contributed by atoms with van der Waals surface area (Å²) in [5, 5.41) is 0.382. The first-order chi connectivity index (χ1) is 9.22. The molecule has 2 unspecified atom stereocenters. The van der Waals surface area contributed by atoms with Crippen LogP contribution in [0.3, 0.4) is 0 Å². The van der Waals surface area contributed by atoms with Gasteiger partial charge in [-0.1, -0.05) is 31.9 Å². The standard InChI is InChI=1S/C14H23ClN2O2S/c1-5-9(2)11(4)17-20(18,19)14-7-13(15)6-12(8-16)10(14)3/h6-7,9,11,17H,5,8,16H2,1-4H3. The summed E-state index contributed by atoms with van der Waals surface area (Å²) in [5.41, 5.74) is 7.03. The molecule has 2 atom stereocenters. The van der Waals surface area contributed by atoms with Gasteiger partial charge < -0.3 is 5.73 Å². The van der Waals surface area contributed by atoms with Gasteiger partial charge in [0.15, 0.2) is 0 Å². The SMILES string of the molecule is CCC(C)C(C)NS(=O)(=O)c1cc(Cl)cc(CN)c1C. The molecule has 0 amide bonds. The molecule has 1 aromatic rings. The molecular weight excluding hydrogens is 296 g/mol. The Balaban J connectivity index is 3.19. The van der Waals surface area contributed by atoms with Crippen LogP contribution in [-0.4, -0.2) is 14.5 Å². The van der Waals surface area contributed by atoms with Crippen LogP contribution in [0.15, 0.2) is 17.0 Å². The van der Waals surface area contributed by atoms with E-state index in [2.05, 4.69) is 4.72 Å². The maximum absolute atomic E-state index is 12.5. The lowest BCUT2D eigenvalue weighted by atomic mass is 10.0. The molecular formula is C14H23ClN2O2S. The Kier molecular flexibility index (Phi) is 6.01. The van der Waals surface area contributed by atoms with Gasteiger partial charge in [0.25, 0.3) is 0 Å². The first-order valence-corrected chi connectivity index (χ1v) is 8.60. The van der Waals surface area contributed by atoms with E-state index in [-0.39, 0.29) is 23.4 Å². The number of benzene rings is 1. The average Bonchev–Trinajstić information content (AvgIpc) is 2.39. The van der Waals surface area contributed by atoms with Crippen LogP contribution in [0.25, 0.3) is 0 Å². The predicted molar refractivity (Wildman–Crippen MR) is 83.3 cm³/mol. The third kappa shape index (κ3) is 3.95. The van der Waals surface area contributed by atoms with Crippen molar-refractivity contribution in [1.29, 1.82) is 0 Å². The summed E-state index contributed by atoms with van der Waals surface area (Å²) in [4.78, 5) is 0.209. The monoisotopic (exact) mass is 318 g/mol. The fourth-order valence-electron chi connectivity index (χ4n) is 1.98. The first kappa shape index (κ1) is 17.4. The summed E-state index contributed by atoms with van der Waals surface area (Å²) >= 11 is 5.99. The third-order valence-corrected chi connectivity index (χ3v) is 5.68. The van der Waals surface area contributed by atoms with Gasteiger partial charge in [-0.05, 0) is 43.0 Å². The number of sulfonamides is 1. The van der Waals surface area contributed by atoms with Crippen molar-refractivity contribution in [3.8, 4) is 0 Å². The lowest BCUT2D eigenvalue weighted by molar-refractivity contribution is 0.434. The smallest absolute Gasteiger partial charge is 0.241 e. The number of halogens is 1. The summed E-state index contributed by atoms with van der Waals surface area (Å²) < 4.78 is 27.7. The van der Waals surface area contributed by atoms with Crippen LogP contribution < -0.4 is 10.5 Å². The zero-order valence-electron chi connectivity index (χ0n) is 12.4. The predicted octanol–water partition coefficient (Wildman–Crippen LogP) is 2.82. The Hall–Kier alpha value is -0.620. The summed E-state index contributed by atoms with van der Waals surface area (Å²) in [5.74, 6) is 0.262. The van der Waals surface area contributed by atoms with Crippen LogP contribution in [-0.2, 0) is 16.6 Å². The maximum Gasteiger partial charge on any atom is 0.241 e. The van der Waals surface area contributed by atoms with E-state index in [1.807, 2.05) is 20.8 Å². The highest BCUT2D eigenvalue weighted by atomic mass is 35.5. The molecule has 0 saturated heterocycles. The molecule has 0 heterocycles. The molecule has 0 saturated carbocycles. The second-order valence-electron chi connectivity index (χ2n) is 5.19. The van der Waals surface area contributed by atoms with Crippen LogP contribution in [0.1, 0.15) is 38.3 Å². The molecule has 0 aromatic heterocycles. The van der Waals surface area contributed by atoms with Gasteiger partial charge in [0.1, 0.15) is 0 Å². The molecule has 0 spiro atoms. The minimum absolute atomic E-state index is 0.135. The molecule has 6 heteroatoms. The molecule has 0 aliphatic rings. The zero-order chi connectivity index (χ0) is 15.5. The van der Waals surface area contributed by atoms with Gasteiger partial charge in [-0.3, -0.25) is 0 Å². The van der Waals surface area contributed by atoms with Crippen LogP contribution in [0.5, 0.6) is 0 Å². The van der Waals surface area contributed by atoms with Gasteiger partial charge in [-0.2, -0.15) is 0 Å². The quantitative estimate of drug-likeness (QED) is 0.847. The van der Waals surface area contributed by atoms with Gasteiger partial charge in [0.05, 0.1) is 4.90 Å². The van der Waals surface area contributed by atoms with Gasteiger partial charge in [0, 0.05) is 17.6 Å². The third-order valence-electron chi connectivity index (χ3n) is 3.78. The Morgan fingerprint density at radius 1 is 1.35 bits per heavy atom. The summed E-state index contributed by atoms with van der Waals surface area (Å²) in [6, 6.07) is 3.04. The highest BCUT2D eigenvalue weighted by molar-refractivity contribution is 7.89. The fourth-order valence-corrected chi connectivity index (χ4v) is 3.95. The van der Waals surface area contributed by atoms with E-state index >= 15 is 0 Å². The maximum atomic E-state index is 12.5.